The Morgan fingerprint density at radius 2 is 2.14 bits per heavy atom. The fourth-order valence-electron chi connectivity index (χ4n) is 1.01. The molecule has 0 spiro atoms. The molecule has 1 aromatic heterocycles. The van der Waals surface area contributed by atoms with Crippen LogP contribution in [0.5, 0.6) is 0 Å². The molecule has 5 heteroatoms. The van der Waals surface area contributed by atoms with Gasteiger partial charge in [-0.2, -0.15) is 0 Å². The van der Waals surface area contributed by atoms with E-state index in [2.05, 4.69) is 10.3 Å². The normalized spacial score (nSPS) is 9.71. The lowest BCUT2D eigenvalue weighted by Gasteiger charge is -2.11. The third kappa shape index (κ3) is 2.35. The molecule has 0 aliphatic rings. The number of nitrogens with one attached hydrogen (secondary N) is 1. The van der Waals surface area contributed by atoms with E-state index in [1.807, 2.05) is 0 Å². The monoisotopic (exact) mass is 213 g/mol. The Labute approximate surface area is 87.9 Å². The Morgan fingerprint density at radius 3 is 2.64 bits per heavy atom. The number of rotatable bonds is 2. The molecule has 0 bridgehead atoms. The van der Waals surface area contributed by atoms with Gasteiger partial charge >= 0.3 is 0 Å². The molecule has 1 aromatic rings. The van der Waals surface area contributed by atoms with Crippen LogP contribution in [0.4, 0.5) is 5.82 Å². The van der Waals surface area contributed by atoms with Crippen LogP contribution in [0.3, 0.4) is 0 Å². The molecule has 0 unspecified atom stereocenters. The first-order valence-electron chi connectivity index (χ1n) is 4.11. The van der Waals surface area contributed by atoms with Crippen LogP contribution < -0.4 is 5.32 Å². The van der Waals surface area contributed by atoms with Crippen molar-refractivity contribution in [1.29, 1.82) is 0 Å². The highest BCUT2D eigenvalue weighted by Crippen LogP contribution is 2.14. The van der Waals surface area contributed by atoms with Crippen LogP contribution in [0.25, 0.3) is 0 Å². The summed E-state index contributed by atoms with van der Waals surface area (Å²) in [6.45, 7) is 0. The van der Waals surface area contributed by atoms with E-state index in [0.717, 1.165) is 0 Å². The molecule has 1 amide bonds. The average molecular weight is 214 g/mol. The summed E-state index contributed by atoms with van der Waals surface area (Å²) in [4.78, 5) is 17.0. The molecular weight excluding hydrogens is 202 g/mol. The molecule has 0 aliphatic carbocycles. The van der Waals surface area contributed by atoms with Crippen LogP contribution >= 0.6 is 11.6 Å². The Bertz CT molecular complexity index is 352. The highest BCUT2D eigenvalue weighted by atomic mass is 35.5. The van der Waals surface area contributed by atoms with Gasteiger partial charge in [0, 0.05) is 26.7 Å². The van der Waals surface area contributed by atoms with Crippen LogP contribution in [-0.4, -0.2) is 36.9 Å². The molecule has 0 saturated heterocycles. The third-order valence-corrected chi connectivity index (χ3v) is 1.90. The van der Waals surface area contributed by atoms with Gasteiger partial charge in [0.2, 0.25) is 0 Å². The third-order valence-electron chi connectivity index (χ3n) is 1.70. The summed E-state index contributed by atoms with van der Waals surface area (Å²) in [6, 6.07) is 3.21. The van der Waals surface area contributed by atoms with Gasteiger partial charge in [0.05, 0.1) is 0 Å². The molecule has 0 fully saturated rings. The predicted octanol–water partition coefficient (Wildman–Crippen LogP) is 1.48. The van der Waals surface area contributed by atoms with E-state index in [4.69, 9.17) is 11.6 Å². The number of hydrogen-bond donors (Lipinski definition) is 1. The first kappa shape index (κ1) is 10.8. The smallest absolute Gasteiger partial charge is 0.253 e. The fraction of sp³-hybridized carbons (Fsp3) is 0.333. The number of aromatic nitrogens is 1. The van der Waals surface area contributed by atoms with Crippen molar-refractivity contribution < 1.29 is 4.79 Å². The SMILES string of the molecule is CNc1cc(C(=O)N(C)C)cc(Cl)n1. The predicted molar refractivity (Wildman–Crippen MR) is 56.8 cm³/mol. The molecule has 0 radical (unpaired) electrons. The van der Waals surface area contributed by atoms with E-state index in [9.17, 15) is 4.79 Å². The van der Waals surface area contributed by atoms with Gasteiger partial charge in [-0.25, -0.2) is 4.98 Å². The largest absolute Gasteiger partial charge is 0.373 e. The van der Waals surface area contributed by atoms with Gasteiger partial charge in [-0.05, 0) is 12.1 Å². The quantitative estimate of drug-likeness (QED) is 0.757. The Hall–Kier alpha value is -1.29. The van der Waals surface area contributed by atoms with Crippen LogP contribution in [-0.2, 0) is 0 Å². The summed E-state index contributed by atoms with van der Waals surface area (Å²) < 4.78 is 0. The zero-order valence-electron chi connectivity index (χ0n) is 8.34. The summed E-state index contributed by atoms with van der Waals surface area (Å²) in [5, 5.41) is 3.14. The molecule has 1 N–H and O–H groups in total. The topological polar surface area (TPSA) is 45.2 Å². The van der Waals surface area contributed by atoms with Gasteiger partial charge < -0.3 is 10.2 Å². The Balaban J connectivity index is 3.09. The highest BCUT2D eigenvalue weighted by molar-refractivity contribution is 6.29. The van der Waals surface area contributed by atoms with Crippen LogP contribution in [0, 0.1) is 0 Å². The van der Waals surface area contributed by atoms with Gasteiger partial charge in [0.1, 0.15) is 11.0 Å². The number of anilines is 1. The Kier molecular flexibility index (Phi) is 3.30. The molecule has 0 aromatic carbocycles. The number of amides is 1. The summed E-state index contributed by atoms with van der Waals surface area (Å²) in [5.41, 5.74) is 0.527. The number of nitrogens with zero attached hydrogens (tertiary/aromatic N) is 2. The van der Waals surface area contributed by atoms with Crippen LogP contribution in [0.2, 0.25) is 5.15 Å². The van der Waals surface area contributed by atoms with Gasteiger partial charge in [-0.15, -0.1) is 0 Å². The van der Waals surface area contributed by atoms with Crippen molar-refractivity contribution in [3.05, 3.63) is 22.8 Å². The number of hydrogen-bond acceptors (Lipinski definition) is 3. The minimum atomic E-state index is -0.0919. The zero-order chi connectivity index (χ0) is 10.7. The summed E-state index contributed by atoms with van der Waals surface area (Å²) in [7, 11) is 5.11. The molecule has 14 heavy (non-hydrogen) atoms. The number of carbonyl (C=O) groups excluding carboxylic acids is 1. The molecule has 1 heterocycles. The van der Waals surface area contributed by atoms with Gasteiger partial charge in [0.25, 0.3) is 5.91 Å². The van der Waals surface area contributed by atoms with Crippen molar-refractivity contribution in [2.45, 2.75) is 0 Å². The van der Waals surface area contributed by atoms with Crippen molar-refractivity contribution >= 4 is 23.3 Å². The van der Waals surface area contributed by atoms with Crippen LogP contribution in [0.15, 0.2) is 12.1 Å². The van der Waals surface area contributed by atoms with Crippen molar-refractivity contribution in [1.82, 2.24) is 9.88 Å². The molecule has 0 saturated carbocycles. The zero-order valence-corrected chi connectivity index (χ0v) is 9.09. The van der Waals surface area contributed by atoms with Crippen molar-refractivity contribution in [2.75, 3.05) is 26.5 Å². The van der Waals surface area contributed by atoms with Crippen LogP contribution in [0.1, 0.15) is 10.4 Å². The van der Waals surface area contributed by atoms with Gasteiger partial charge in [0.15, 0.2) is 0 Å². The van der Waals surface area contributed by atoms with Crippen molar-refractivity contribution in [2.24, 2.45) is 0 Å². The second-order valence-electron chi connectivity index (χ2n) is 3.01. The maximum Gasteiger partial charge on any atom is 0.253 e. The second kappa shape index (κ2) is 4.28. The first-order valence-corrected chi connectivity index (χ1v) is 4.49. The lowest BCUT2D eigenvalue weighted by atomic mass is 10.2. The Morgan fingerprint density at radius 1 is 1.50 bits per heavy atom. The maximum absolute atomic E-state index is 11.6. The van der Waals surface area contributed by atoms with E-state index < -0.39 is 0 Å². The fourth-order valence-corrected chi connectivity index (χ4v) is 1.22. The minimum Gasteiger partial charge on any atom is -0.373 e. The standard InChI is InChI=1S/C9H12ClN3O/c1-11-8-5-6(4-7(10)12-8)9(14)13(2)3/h4-5H,1-3H3,(H,11,12). The maximum atomic E-state index is 11.6. The molecule has 4 nitrogen and oxygen atoms in total. The number of carbonyl (C=O) groups is 1. The molecular formula is C9H12ClN3O. The average Bonchev–Trinajstić information content (AvgIpc) is 2.15. The van der Waals surface area contributed by atoms with E-state index in [0.29, 0.717) is 16.5 Å². The molecule has 76 valence electrons. The highest BCUT2D eigenvalue weighted by Gasteiger charge is 2.10. The summed E-state index contributed by atoms with van der Waals surface area (Å²) >= 11 is 5.76. The van der Waals surface area contributed by atoms with E-state index in [-0.39, 0.29) is 5.91 Å². The van der Waals surface area contributed by atoms with E-state index >= 15 is 0 Å². The second-order valence-corrected chi connectivity index (χ2v) is 3.40. The molecule has 1 rings (SSSR count). The van der Waals surface area contributed by atoms with Gasteiger partial charge in [-0.3, -0.25) is 4.79 Å². The molecule has 0 atom stereocenters. The number of pyridine rings is 1. The lowest BCUT2D eigenvalue weighted by Crippen LogP contribution is -2.21. The van der Waals surface area contributed by atoms with E-state index in [1.165, 1.54) is 4.90 Å². The minimum absolute atomic E-state index is 0.0919. The summed E-state index contributed by atoms with van der Waals surface area (Å²) in [6.07, 6.45) is 0. The lowest BCUT2D eigenvalue weighted by molar-refractivity contribution is 0.0827. The first-order chi connectivity index (χ1) is 6.54. The van der Waals surface area contributed by atoms with Crippen molar-refractivity contribution in [3.8, 4) is 0 Å². The number of halogens is 1. The van der Waals surface area contributed by atoms with Crippen molar-refractivity contribution in [3.63, 3.8) is 0 Å². The van der Waals surface area contributed by atoms with E-state index in [1.54, 1.807) is 33.3 Å². The summed E-state index contributed by atoms with van der Waals surface area (Å²) in [5.74, 6) is 0.494. The molecule has 0 aliphatic heterocycles. The van der Waals surface area contributed by atoms with Gasteiger partial charge in [-0.1, -0.05) is 11.6 Å².